The molecule has 1 unspecified atom stereocenters. The van der Waals surface area contributed by atoms with E-state index in [0.29, 0.717) is 19.5 Å². The normalized spacial score (nSPS) is 27.7. The summed E-state index contributed by atoms with van der Waals surface area (Å²) in [7, 11) is 0. The zero-order valence-electron chi connectivity index (χ0n) is 7.45. The summed E-state index contributed by atoms with van der Waals surface area (Å²) in [5.74, 6) is 0.284. The fraction of sp³-hybridized carbons (Fsp3) is 0.750. The van der Waals surface area contributed by atoms with Gasteiger partial charge in [0.05, 0.1) is 5.71 Å². The van der Waals surface area contributed by atoms with Crippen molar-refractivity contribution >= 4 is 11.6 Å². The lowest BCUT2D eigenvalue weighted by atomic mass is 9.98. The van der Waals surface area contributed by atoms with Gasteiger partial charge in [-0.2, -0.15) is 0 Å². The average molecular weight is 170 g/mol. The summed E-state index contributed by atoms with van der Waals surface area (Å²) in [6, 6.07) is 0. The number of hydrogen-bond acceptors (Lipinski definition) is 3. The lowest BCUT2D eigenvalue weighted by molar-refractivity contribution is -0.129. The minimum Gasteiger partial charge on any atom is -0.411 e. The van der Waals surface area contributed by atoms with E-state index in [1.165, 1.54) is 0 Å². The van der Waals surface area contributed by atoms with Gasteiger partial charge in [0.1, 0.15) is 0 Å². The fourth-order valence-electron chi connectivity index (χ4n) is 1.46. The van der Waals surface area contributed by atoms with Crippen molar-refractivity contribution in [2.24, 2.45) is 11.1 Å². The van der Waals surface area contributed by atoms with Gasteiger partial charge in [0, 0.05) is 32.4 Å². The number of hydrogen-bond donors (Lipinski definition) is 1. The van der Waals surface area contributed by atoms with Crippen LogP contribution >= 0.6 is 0 Å². The first-order chi connectivity index (χ1) is 5.65. The molecule has 1 atom stereocenters. The van der Waals surface area contributed by atoms with Crippen molar-refractivity contribution < 1.29 is 10.0 Å². The third kappa shape index (κ3) is 1.75. The Morgan fingerprint density at radius 1 is 1.75 bits per heavy atom. The summed E-state index contributed by atoms with van der Waals surface area (Å²) in [6.45, 7) is 4.88. The Morgan fingerprint density at radius 2 is 2.42 bits per heavy atom. The maximum absolute atomic E-state index is 11.0. The Bertz CT molecular complexity index is 213. The van der Waals surface area contributed by atoms with E-state index in [2.05, 4.69) is 5.16 Å². The van der Waals surface area contributed by atoms with Crippen LogP contribution in [0.4, 0.5) is 0 Å². The summed E-state index contributed by atoms with van der Waals surface area (Å²) in [6.07, 6.45) is 0.692. The van der Waals surface area contributed by atoms with E-state index in [9.17, 15) is 4.79 Å². The molecule has 1 rings (SSSR count). The first kappa shape index (κ1) is 9.03. The van der Waals surface area contributed by atoms with E-state index in [1.54, 1.807) is 11.8 Å². The largest absolute Gasteiger partial charge is 0.411 e. The van der Waals surface area contributed by atoms with E-state index < -0.39 is 0 Å². The van der Waals surface area contributed by atoms with Crippen molar-refractivity contribution in [2.45, 2.75) is 20.3 Å². The molecule has 1 aliphatic rings. The van der Waals surface area contributed by atoms with Crippen LogP contribution in [0.5, 0.6) is 0 Å². The van der Waals surface area contributed by atoms with Crippen LogP contribution in [0.15, 0.2) is 5.16 Å². The van der Waals surface area contributed by atoms with Gasteiger partial charge in [-0.05, 0) is 0 Å². The maximum atomic E-state index is 11.0. The predicted molar refractivity (Wildman–Crippen MR) is 45.3 cm³/mol. The first-order valence-electron chi connectivity index (χ1n) is 4.11. The molecule has 0 bridgehead atoms. The lowest BCUT2D eigenvalue weighted by Gasteiger charge is -2.30. The molecular formula is C8H14N2O2. The second kappa shape index (κ2) is 3.56. The Morgan fingerprint density at radius 3 is 2.83 bits per heavy atom. The van der Waals surface area contributed by atoms with Gasteiger partial charge in [0.25, 0.3) is 0 Å². The van der Waals surface area contributed by atoms with Crippen LogP contribution in [-0.2, 0) is 4.79 Å². The van der Waals surface area contributed by atoms with Gasteiger partial charge in [0.2, 0.25) is 5.91 Å². The third-order valence-corrected chi connectivity index (χ3v) is 2.27. The van der Waals surface area contributed by atoms with E-state index in [-0.39, 0.29) is 11.8 Å². The van der Waals surface area contributed by atoms with Crippen LogP contribution in [0.1, 0.15) is 20.3 Å². The number of carbonyl (C=O) groups excluding carboxylic acids is 1. The number of nitrogens with zero attached hydrogens (tertiary/aromatic N) is 2. The zero-order chi connectivity index (χ0) is 9.14. The van der Waals surface area contributed by atoms with Crippen LogP contribution < -0.4 is 0 Å². The number of likely N-dealkylation sites (tertiary alicyclic amines) is 1. The SMILES string of the molecule is CC(=O)N1CCC(=NO)C(C)C1. The molecule has 1 saturated heterocycles. The summed E-state index contributed by atoms with van der Waals surface area (Å²) in [5, 5.41) is 11.8. The number of piperidine rings is 1. The molecular weight excluding hydrogens is 156 g/mol. The molecule has 0 spiro atoms. The molecule has 1 fully saturated rings. The topological polar surface area (TPSA) is 52.9 Å². The Balaban J connectivity index is 2.57. The molecule has 1 N–H and O–H groups in total. The standard InChI is InChI=1S/C8H14N2O2/c1-6-5-10(7(2)11)4-3-8(6)9-12/h6,12H,3-5H2,1-2H3. The molecule has 0 aromatic heterocycles. The van der Waals surface area contributed by atoms with Crippen molar-refractivity contribution in [3.63, 3.8) is 0 Å². The van der Waals surface area contributed by atoms with Gasteiger partial charge in [-0.1, -0.05) is 12.1 Å². The van der Waals surface area contributed by atoms with Crippen LogP contribution in [-0.4, -0.2) is 34.8 Å². The Labute approximate surface area is 71.9 Å². The van der Waals surface area contributed by atoms with E-state index in [1.807, 2.05) is 6.92 Å². The predicted octanol–water partition coefficient (Wildman–Crippen LogP) is 0.705. The van der Waals surface area contributed by atoms with Gasteiger partial charge >= 0.3 is 0 Å². The molecule has 1 amide bonds. The van der Waals surface area contributed by atoms with Gasteiger partial charge in [-0.25, -0.2) is 0 Å². The van der Waals surface area contributed by atoms with Crippen LogP contribution in [0.25, 0.3) is 0 Å². The highest BCUT2D eigenvalue weighted by molar-refractivity contribution is 5.88. The van der Waals surface area contributed by atoms with Crippen LogP contribution in [0, 0.1) is 5.92 Å². The summed E-state index contributed by atoms with van der Waals surface area (Å²) >= 11 is 0. The third-order valence-electron chi connectivity index (χ3n) is 2.27. The molecule has 0 aromatic carbocycles. The molecule has 4 nitrogen and oxygen atoms in total. The molecule has 4 heteroatoms. The van der Waals surface area contributed by atoms with Gasteiger partial charge in [-0.15, -0.1) is 0 Å². The van der Waals surface area contributed by atoms with Crippen molar-refractivity contribution in [1.82, 2.24) is 4.90 Å². The van der Waals surface area contributed by atoms with E-state index >= 15 is 0 Å². The molecule has 68 valence electrons. The van der Waals surface area contributed by atoms with Crippen molar-refractivity contribution in [1.29, 1.82) is 0 Å². The van der Waals surface area contributed by atoms with Crippen LogP contribution in [0.3, 0.4) is 0 Å². The van der Waals surface area contributed by atoms with Gasteiger partial charge < -0.3 is 10.1 Å². The number of rotatable bonds is 0. The Hall–Kier alpha value is -1.06. The summed E-state index contributed by atoms with van der Waals surface area (Å²) in [5.41, 5.74) is 0.799. The minimum atomic E-state index is 0.0961. The van der Waals surface area contributed by atoms with Gasteiger partial charge in [-0.3, -0.25) is 4.79 Å². The highest BCUT2D eigenvalue weighted by atomic mass is 16.4. The maximum Gasteiger partial charge on any atom is 0.219 e. The zero-order valence-corrected chi connectivity index (χ0v) is 7.45. The highest BCUT2D eigenvalue weighted by Gasteiger charge is 2.23. The highest BCUT2D eigenvalue weighted by Crippen LogP contribution is 2.13. The molecule has 0 aromatic rings. The minimum absolute atomic E-state index is 0.0961. The van der Waals surface area contributed by atoms with Crippen molar-refractivity contribution in [3.05, 3.63) is 0 Å². The second-order valence-electron chi connectivity index (χ2n) is 3.21. The van der Waals surface area contributed by atoms with Crippen LogP contribution in [0.2, 0.25) is 0 Å². The monoisotopic (exact) mass is 170 g/mol. The van der Waals surface area contributed by atoms with Crippen molar-refractivity contribution in [3.8, 4) is 0 Å². The lowest BCUT2D eigenvalue weighted by Crippen LogP contribution is -2.42. The molecule has 1 aliphatic heterocycles. The quantitative estimate of drug-likeness (QED) is 0.430. The number of carbonyl (C=O) groups is 1. The molecule has 0 aliphatic carbocycles. The van der Waals surface area contributed by atoms with E-state index in [4.69, 9.17) is 5.21 Å². The molecule has 0 radical (unpaired) electrons. The number of amides is 1. The smallest absolute Gasteiger partial charge is 0.219 e. The van der Waals surface area contributed by atoms with Gasteiger partial charge in [0.15, 0.2) is 0 Å². The fourth-order valence-corrected chi connectivity index (χ4v) is 1.46. The summed E-state index contributed by atoms with van der Waals surface area (Å²) < 4.78 is 0. The molecule has 0 saturated carbocycles. The van der Waals surface area contributed by atoms with E-state index in [0.717, 1.165) is 5.71 Å². The summed E-state index contributed by atoms with van der Waals surface area (Å²) in [4.78, 5) is 12.7. The molecule has 12 heavy (non-hydrogen) atoms. The molecule has 1 heterocycles. The number of oxime groups is 1. The second-order valence-corrected chi connectivity index (χ2v) is 3.21. The van der Waals surface area contributed by atoms with Crippen molar-refractivity contribution in [2.75, 3.05) is 13.1 Å². The average Bonchev–Trinajstić information content (AvgIpc) is 2.04. The Kier molecular flexibility index (Phi) is 2.68. The first-order valence-corrected chi connectivity index (χ1v) is 4.11.